The quantitative estimate of drug-likeness (QED) is 0.258. The van der Waals surface area contributed by atoms with Crippen LogP contribution in [0.3, 0.4) is 0 Å². The third-order valence-corrected chi connectivity index (χ3v) is 6.43. The maximum atomic E-state index is 5.99. The Morgan fingerprint density at radius 2 is 1.06 bits per heavy atom. The van der Waals surface area contributed by atoms with Crippen molar-refractivity contribution in [3.63, 3.8) is 0 Å². The molecule has 0 aliphatic heterocycles. The molecule has 0 bridgehead atoms. The first-order valence-electron chi connectivity index (χ1n) is 11.1. The number of hydrogen-bond acceptors (Lipinski definition) is 1. The van der Waals surface area contributed by atoms with Crippen molar-refractivity contribution in [3.05, 3.63) is 122 Å². The average molecular weight is 423 g/mol. The zero-order valence-corrected chi connectivity index (χ0v) is 18.2. The van der Waals surface area contributed by atoms with Gasteiger partial charge in [-0.2, -0.15) is 0 Å². The Balaban J connectivity index is 1.76. The maximum Gasteiger partial charge on any atom is 0.135 e. The van der Waals surface area contributed by atoms with Crippen molar-refractivity contribution in [2.45, 2.75) is 0 Å². The van der Waals surface area contributed by atoms with Crippen LogP contribution in [0.4, 0.5) is 0 Å². The monoisotopic (exact) mass is 422 g/mol. The Kier molecular flexibility index (Phi) is 4.48. The molecule has 0 saturated heterocycles. The second-order valence-electron chi connectivity index (χ2n) is 8.21. The van der Waals surface area contributed by atoms with Gasteiger partial charge in [-0.1, -0.05) is 104 Å². The number of benzene rings is 5. The lowest BCUT2D eigenvalue weighted by Crippen LogP contribution is -1.90. The summed E-state index contributed by atoms with van der Waals surface area (Å²) in [6, 6.07) is 34.5. The molecule has 6 aromatic rings. The minimum Gasteiger partial charge on any atom is -0.456 e. The van der Waals surface area contributed by atoms with Gasteiger partial charge in [-0.05, 0) is 62.0 Å². The second-order valence-corrected chi connectivity index (χ2v) is 8.21. The first-order chi connectivity index (χ1) is 16.3. The van der Waals surface area contributed by atoms with Crippen LogP contribution in [0.1, 0.15) is 11.3 Å². The van der Waals surface area contributed by atoms with Crippen LogP contribution in [0.5, 0.6) is 0 Å². The van der Waals surface area contributed by atoms with Gasteiger partial charge in [0.25, 0.3) is 0 Å². The lowest BCUT2D eigenvalue weighted by atomic mass is 9.86. The van der Waals surface area contributed by atoms with Gasteiger partial charge in [-0.25, -0.2) is 0 Å². The summed E-state index contributed by atoms with van der Waals surface area (Å²) in [7, 11) is 0. The molecule has 5 aromatic carbocycles. The van der Waals surface area contributed by atoms with E-state index in [0.29, 0.717) is 0 Å². The molecule has 0 radical (unpaired) electrons. The van der Waals surface area contributed by atoms with Gasteiger partial charge in [0.2, 0.25) is 0 Å². The molecule has 0 saturated carbocycles. The number of fused-ring (bicyclic) bond motifs is 3. The third kappa shape index (κ3) is 2.94. The second kappa shape index (κ2) is 7.65. The molecule has 33 heavy (non-hydrogen) atoms. The van der Waals surface area contributed by atoms with Crippen molar-refractivity contribution in [2.24, 2.45) is 0 Å². The Morgan fingerprint density at radius 3 is 1.61 bits per heavy atom. The summed E-state index contributed by atoms with van der Waals surface area (Å²) in [5.41, 5.74) is 6.73. The average Bonchev–Trinajstić information content (AvgIpc) is 3.24. The maximum absolute atomic E-state index is 5.99. The summed E-state index contributed by atoms with van der Waals surface area (Å²) in [6.45, 7) is 7.90. The molecule has 1 nitrogen and oxygen atoms in total. The summed E-state index contributed by atoms with van der Waals surface area (Å²) < 4.78 is 5.99. The molecule has 0 atom stereocenters. The van der Waals surface area contributed by atoms with Crippen LogP contribution in [0.15, 0.2) is 115 Å². The van der Waals surface area contributed by atoms with Gasteiger partial charge >= 0.3 is 0 Å². The van der Waals surface area contributed by atoms with Gasteiger partial charge in [0.05, 0.1) is 0 Å². The van der Waals surface area contributed by atoms with Gasteiger partial charge in [-0.15, -0.1) is 0 Å². The molecule has 0 aliphatic carbocycles. The fraction of sp³-hybridized carbons (Fsp3) is 0. The molecule has 0 amide bonds. The Morgan fingerprint density at radius 1 is 0.515 bits per heavy atom. The highest BCUT2D eigenvalue weighted by molar-refractivity contribution is 6.21. The lowest BCUT2D eigenvalue weighted by Gasteiger charge is -2.17. The molecular weight excluding hydrogens is 400 g/mol. The molecule has 0 fully saturated rings. The molecule has 1 heteroatoms. The summed E-state index contributed by atoms with van der Waals surface area (Å²) in [5.74, 6) is 0.756. The molecule has 1 heterocycles. The van der Waals surface area contributed by atoms with Crippen LogP contribution < -0.4 is 0 Å². The van der Waals surface area contributed by atoms with Gasteiger partial charge in [-0.3, -0.25) is 0 Å². The Bertz CT molecular complexity index is 1630. The molecule has 156 valence electrons. The van der Waals surface area contributed by atoms with Crippen LogP contribution in [-0.4, -0.2) is 0 Å². The molecule has 0 spiro atoms. The van der Waals surface area contributed by atoms with E-state index in [1.54, 1.807) is 6.08 Å². The van der Waals surface area contributed by atoms with E-state index >= 15 is 0 Å². The predicted molar refractivity (Wildman–Crippen MR) is 142 cm³/mol. The molecular formula is C32H22O. The summed E-state index contributed by atoms with van der Waals surface area (Å²) >= 11 is 0. The van der Waals surface area contributed by atoms with Gasteiger partial charge in [0.1, 0.15) is 11.3 Å². The van der Waals surface area contributed by atoms with Crippen molar-refractivity contribution in [1.29, 1.82) is 0 Å². The number of hydrogen-bond donors (Lipinski definition) is 0. The fourth-order valence-corrected chi connectivity index (χ4v) is 5.01. The van der Waals surface area contributed by atoms with Crippen LogP contribution in [0, 0.1) is 0 Å². The predicted octanol–water partition coefficient (Wildman–Crippen LogP) is 9.36. The first kappa shape index (κ1) is 19.3. The standard InChI is InChI=1S/C32H22O/c1-3-23-28-20-22(18-19-30(28)33-29(23)4-2)32-26-16-10-8-14-24(26)31(21-12-6-5-7-13-21)25-15-9-11-17-27(25)32/h3-20H,1-2H2. The highest BCUT2D eigenvalue weighted by Gasteiger charge is 2.17. The zero-order chi connectivity index (χ0) is 22.4. The van der Waals surface area contributed by atoms with Crippen molar-refractivity contribution in [2.75, 3.05) is 0 Å². The van der Waals surface area contributed by atoms with Crippen LogP contribution in [0.2, 0.25) is 0 Å². The lowest BCUT2D eigenvalue weighted by molar-refractivity contribution is 0.603. The van der Waals surface area contributed by atoms with E-state index in [0.717, 1.165) is 27.9 Å². The van der Waals surface area contributed by atoms with Crippen molar-refractivity contribution < 1.29 is 4.42 Å². The number of furan rings is 1. The molecule has 6 rings (SSSR count). The zero-order valence-electron chi connectivity index (χ0n) is 18.2. The molecule has 0 aliphatic rings. The van der Waals surface area contributed by atoms with Gasteiger partial charge in [0, 0.05) is 10.9 Å². The van der Waals surface area contributed by atoms with E-state index in [9.17, 15) is 0 Å². The normalized spacial score (nSPS) is 11.3. The molecule has 0 unspecified atom stereocenters. The SMILES string of the molecule is C=Cc1oc2ccc(-c3c4ccccc4c(-c4ccccc4)c4ccccc34)cc2c1C=C. The first-order valence-corrected chi connectivity index (χ1v) is 11.1. The van der Waals surface area contributed by atoms with E-state index in [1.165, 1.54) is 38.2 Å². The topological polar surface area (TPSA) is 13.1 Å². The summed E-state index contributed by atoms with van der Waals surface area (Å²) in [4.78, 5) is 0. The van der Waals surface area contributed by atoms with Gasteiger partial charge < -0.3 is 4.42 Å². The van der Waals surface area contributed by atoms with Crippen molar-refractivity contribution in [1.82, 2.24) is 0 Å². The van der Waals surface area contributed by atoms with Gasteiger partial charge in [0.15, 0.2) is 0 Å². The van der Waals surface area contributed by atoms with E-state index in [4.69, 9.17) is 4.42 Å². The third-order valence-electron chi connectivity index (χ3n) is 6.43. The molecule has 0 N–H and O–H groups in total. The van der Waals surface area contributed by atoms with E-state index < -0.39 is 0 Å². The molecule has 1 aromatic heterocycles. The van der Waals surface area contributed by atoms with E-state index in [-0.39, 0.29) is 0 Å². The summed E-state index contributed by atoms with van der Waals surface area (Å²) in [5, 5.41) is 6.03. The van der Waals surface area contributed by atoms with Crippen LogP contribution in [0.25, 0.3) is 66.9 Å². The minimum atomic E-state index is 0.756. The van der Waals surface area contributed by atoms with E-state index in [2.05, 4.69) is 110 Å². The Hall–Kier alpha value is -4.36. The number of rotatable bonds is 4. The van der Waals surface area contributed by atoms with Crippen molar-refractivity contribution >= 4 is 44.7 Å². The highest BCUT2D eigenvalue weighted by atomic mass is 16.3. The van der Waals surface area contributed by atoms with Crippen molar-refractivity contribution in [3.8, 4) is 22.3 Å². The smallest absolute Gasteiger partial charge is 0.135 e. The van der Waals surface area contributed by atoms with Crippen LogP contribution in [-0.2, 0) is 0 Å². The summed E-state index contributed by atoms with van der Waals surface area (Å²) in [6.07, 6.45) is 3.59. The van der Waals surface area contributed by atoms with E-state index in [1.807, 2.05) is 6.08 Å². The highest BCUT2D eigenvalue weighted by Crippen LogP contribution is 2.44. The minimum absolute atomic E-state index is 0.756. The fourth-order valence-electron chi connectivity index (χ4n) is 5.01. The largest absolute Gasteiger partial charge is 0.456 e. The van der Waals surface area contributed by atoms with Crippen LogP contribution >= 0.6 is 0 Å². The Labute approximate surface area is 192 Å².